The van der Waals surface area contributed by atoms with Crippen LogP contribution < -0.4 is 21.4 Å². The van der Waals surface area contributed by atoms with Gasteiger partial charge in [-0.3, -0.25) is 15.0 Å². The highest BCUT2D eigenvalue weighted by atomic mass is 16.7. The number of nitro groups is 1. The van der Waals surface area contributed by atoms with Crippen LogP contribution in [-0.4, -0.2) is 35.4 Å². The van der Waals surface area contributed by atoms with Crippen molar-refractivity contribution < 1.29 is 14.6 Å². The molecular formula is C18H31N6O4. The van der Waals surface area contributed by atoms with Gasteiger partial charge in [0.25, 0.3) is 5.96 Å². The minimum atomic E-state index is -0.826. The third-order valence-electron chi connectivity index (χ3n) is 4.22. The summed E-state index contributed by atoms with van der Waals surface area (Å²) in [6.07, 6.45) is 7.89. The molecule has 10 heteroatoms. The predicted molar refractivity (Wildman–Crippen MR) is 105 cm³/mol. The van der Waals surface area contributed by atoms with E-state index in [0.717, 1.165) is 19.3 Å². The Morgan fingerprint density at radius 1 is 1.39 bits per heavy atom. The van der Waals surface area contributed by atoms with Crippen LogP contribution >= 0.6 is 0 Å². The van der Waals surface area contributed by atoms with Gasteiger partial charge in [-0.25, -0.2) is 10.1 Å². The summed E-state index contributed by atoms with van der Waals surface area (Å²) in [6, 6.07) is -0.694. The van der Waals surface area contributed by atoms with Crippen LogP contribution in [0, 0.1) is 33.9 Å². The second-order valence-electron chi connectivity index (χ2n) is 7.24. The molecule has 0 saturated heterocycles. The van der Waals surface area contributed by atoms with Crippen molar-refractivity contribution in [3.8, 4) is 0 Å². The average molecular weight is 395 g/mol. The van der Waals surface area contributed by atoms with E-state index < -0.39 is 17.0 Å². The molecule has 5 N–H and O–H groups in total. The van der Waals surface area contributed by atoms with Gasteiger partial charge in [-0.05, 0) is 43.9 Å². The Kier molecular flexibility index (Phi) is 10.6. The molecule has 0 unspecified atom stereocenters. The molecule has 28 heavy (non-hydrogen) atoms. The van der Waals surface area contributed by atoms with Crippen LogP contribution in [0.25, 0.3) is 0 Å². The van der Waals surface area contributed by atoms with E-state index in [0.29, 0.717) is 25.2 Å². The minimum absolute atomic E-state index is 0.170. The van der Waals surface area contributed by atoms with Crippen molar-refractivity contribution in [3.05, 3.63) is 28.8 Å². The molecule has 2 atom stereocenters. The molecule has 0 fully saturated rings. The maximum Gasteiger partial charge on any atom is 0.251 e. The Morgan fingerprint density at radius 3 is 2.75 bits per heavy atom. The number of hydrogen-bond donors (Lipinski definition) is 5. The fraction of sp³-hybridized carbons (Fsp3) is 0.667. The van der Waals surface area contributed by atoms with Crippen molar-refractivity contribution in [1.29, 1.82) is 5.41 Å². The summed E-state index contributed by atoms with van der Waals surface area (Å²) in [5.74, 6) is -0.252. The fourth-order valence-corrected chi connectivity index (χ4v) is 2.77. The zero-order chi connectivity index (χ0) is 20.9. The lowest BCUT2D eigenvalue weighted by Gasteiger charge is -2.20. The first-order valence-corrected chi connectivity index (χ1v) is 9.59. The summed E-state index contributed by atoms with van der Waals surface area (Å²) in [6.45, 7) is 6.04. The Balaban J connectivity index is 2.47. The summed E-state index contributed by atoms with van der Waals surface area (Å²) in [7, 11) is 0. The zero-order valence-electron chi connectivity index (χ0n) is 16.5. The van der Waals surface area contributed by atoms with Crippen molar-refractivity contribution >= 4 is 17.8 Å². The van der Waals surface area contributed by atoms with E-state index in [1.807, 2.05) is 19.9 Å². The molecule has 0 aromatic carbocycles. The third kappa shape index (κ3) is 10.5. The maximum atomic E-state index is 12.4. The van der Waals surface area contributed by atoms with Crippen molar-refractivity contribution in [2.45, 2.75) is 58.4 Å². The Bertz CT molecular complexity index is 578. The van der Waals surface area contributed by atoms with Gasteiger partial charge in [-0.1, -0.05) is 31.4 Å². The number of hydrazine groups is 1. The number of carbonyl (C=O) groups is 2. The van der Waals surface area contributed by atoms with Gasteiger partial charge in [0.1, 0.15) is 6.04 Å². The molecule has 0 aromatic heterocycles. The number of nitrogens with one attached hydrogen (secondary N) is 5. The number of guanidine groups is 1. The highest BCUT2D eigenvalue weighted by Gasteiger charge is 2.22. The van der Waals surface area contributed by atoms with Crippen LogP contribution in [0.4, 0.5) is 0 Å². The molecule has 0 bridgehead atoms. The molecule has 1 aliphatic carbocycles. The van der Waals surface area contributed by atoms with Crippen LogP contribution in [0.1, 0.15) is 52.4 Å². The van der Waals surface area contributed by atoms with Crippen LogP contribution in [0.5, 0.6) is 0 Å². The number of carbonyl (C=O) groups excluding carboxylic acids is 2. The molecule has 10 nitrogen and oxygen atoms in total. The normalized spacial score (nSPS) is 16.5. The molecule has 1 rings (SSSR count). The van der Waals surface area contributed by atoms with Gasteiger partial charge in [0, 0.05) is 19.5 Å². The van der Waals surface area contributed by atoms with Gasteiger partial charge in [-0.2, -0.15) is 0 Å². The van der Waals surface area contributed by atoms with E-state index in [2.05, 4.69) is 22.0 Å². The van der Waals surface area contributed by atoms with E-state index in [1.165, 1.54) is 0 Å². The quantitative estimate of drug-likeness (QED) is 0.0838. The molecule has 0 heterocycles. The highest BCUT2D eigenvalue weighted by molar-refractivity contribution is 5.88. The van der Waals surface area contributed by atoms with Crippen molar-refractivity contribution in [2.24, 2.45) is 11.8 Å². The second kappa shape index (κ2) is 12.7. The topological polar surface area (TPSA) is 149 Å². The predicted octanol–water partition coefficient (Wildman–Crippen LogP) is 1.24. The van der Waals surface area contributed by atoms with Crippen molar-refractivity contribution in [2.75, 3.05) is 6.54 Å². The molecule has 0 spiro atoms. The number of amides is 2. The molecule has 0 aromatic rings. The first kappa shape index (κ1) is 23.4. The fourth-order valence-electron chi connectivity index (χ4n) is 2.77. The minimum Gasteiger partial charge on any atom is -0.352 e. The lowest BCUT2D eigenvalue weighted by Crippen LogP contribution is -2.47. The Labute approximate surface area is 165 Å². The van der Waals surface area contributed by atoms with Crippen LogP contribution in [-0.2, 0) is 9.59 Å². The lowest BCUT2D eigenvalue weighted by atomic mass is 10.0. The van der Waals surface area contributed by atoms with E-state index in [-0.39, 0.29) is 24.3 Å². The Hall–Kier alpha value is -2.65. The molecule has 0 aliphatic heterocycles. The third-order valence-corrected chi connectivity index (χ3v) is 4.22. The molecule has 157 valence electrons. The number of rotatable bonds is 12. The van der Waals surface area contributed by atoms with Crippen molar-refractivity contribution in [1.82, 2.24) is 21.4 Å². The van der Waals surface area contributed by atoms with Crippen LogP contribution in [0.3, 0.4) is 0 Å². The first-order valence-electron chi connectivity index (χ1n) is 9.59. The van der Waals surface area contributed by atoms with Gasteiger partial charge >= 0.3 is 0 Å². The highest BCUT2D eigenvalue weighted by Crippen LogP contribution is 2.20. The molecule has 1 radical (unpaired) electrons. The van der Waals surface area contributed by atoms with E-state index in [1.54, 1.807) is 12.0 Å². The largest absolute Gasteiger partial charge is 0.352 e. The molecule has 1 aliphatic rings. The van der Waals surface area contributed by atoms with Crippen molar-refractivity contribution in [3.63, 3.8) is 0 Å². The number of allylic oxidation sites excluding steroid dienone is 2. The molecule has 0 saturated carbocycles. The first-order chi connectivity index (χ1) is 13.3. The van der Waals surface area contributed by atoms with E-state index >= 15 is 0 Å². The van der Waals surface area contributed by atoms with E-state index in [4.69, 9.17) is 5.41 Å². The summed E-state index contributed by atoms with van der Waals surface area (Å²) < 4.78 is 0. The zero-order valence-corrected chi connectivity index (χ0v) is 16.5. The van der Waals surface area contributed by atoms with Gasteiger partial charge in [-0.15, -0.1) is 0 Å². The van der Waals surface area contributed by atoms with Crippen LogP contribution in [0.2, 0.25) is 0 Å². The number of nitrogens with zero attached hydrogens (tertiary/aromatic N) is 1. The summed E-state index contributed by atoms with van der Waals surface area (Å²) in [4.78, 5) is 35.0. The maximum absolute atomic E-state index is 12.4. The summed E-state index contributed by atoms with van der Waals surface area (Å²) in [5.41, 5.74) is 1.70. The second-order valence-corrected chi connectivity index (χ2v) is 7.24. The lowest BCUT2D eigenvalue weighted by molar-refractivity contribution is -0.525. The summed E-state index contributed by atoms with van der Waals surface area (Å²) >= 11 is 0. The molecule has 2 amide bonds. The van der Waals surface area contributed by atoms with E-state index in [9.17, 15) is 19.7 Å². The smallest absolute Gasteiger partial charge is 0.251 e. The Morgan fingerprint density at radius 2 is 2.14 bits per heavy atom. The van der Waals surface area contributed by atoms with Gasteiger partial charge < -0.3 is 16.0 Å². The standard InChI is InChI=1S/C18H31N6O4/c1-13(2)9-11-20-17(26)15(8-5-10-21-18(19)23-24(27)28)22-16(25)12-14-6-3-4-7-14/h3,6,11,13-15H,4-5,7-10,12H2,1-2H3,(H,20,26)(H,22,25)(H3,19,21,23)/t14-,15+/m1/s1. The van der Waals surface area contributed by atoms with Gasteiger partial charge in [0.15, 0.2) is 5.03 Å². The average Bonchev–Trinajstić information content (AvgIpc) is 3.09. The summed E-state index contributed by atoms with van der Waals surface area (Å²) in [5, 5.41) is 24.8. The monoisotopic (exact) mass is 395 g/mol. The SMILES string of the molecule is CC(C)C[CH]NC(=O)[C@H](CCCNC(=N)N[N+](=O)[O-])NC(=O)C[C@@H]1C=CCC1. The van der Waals surface area contributed by atoms with Gasteiger partial charge in [0.2, 0.25) is 11.8 Å². The van der Waals surface area contributed by atoms with Crippen LogP contribution in [0.15, 0.2) is 12.2 Å². The molecular weight excluding hydrogens is 364 g/mol. The van der Waals surface area contributed by atoms with Gasteiger partial charge in [0.05, 0.1) is 0 Å². The number of hydrogen-bond acceptors (Lipinski definition) is 5.